The SMILES string of the molecule is O=C(COc1ccnc2c1CCCC2)N(CCO)c1ccccc1. The summed E-state index contributed by atoms with van der Waals surface area (Å²) in [6.45, 7) is 0.108. The average Bonchev–Trinajstić information content (AvgIpc) is 2.65. The number of aromatic nitrogens is 1. The summed E-state index contributed by atoms with van der Waals surface area (Å²) in [4.78, 5) is 18.5. The molecule has 2 aromatic rings. The number of nitrogens with zero attached hydrogens (tertiary/aromatic N) is 2. The smallest absolute Gasteiger partial charge is 0.264 e. The van der Waals surface area contributed by atoms with E-state index >= 15 is 0 Å². The van der Waals surface area contributed by atoms with Crippen molar-refractivity contribution in [3.63, 3.8) is 0 Å². The van der Waals surface area contributed by atoms with Gasteiger partial charge in [0.2, 0.25) is 0 Å². The lowest BCUT2D eigenvalue weighted by Gasteiger charge is -2.23. The summed E-state index contributed by atoms with van der Waals surface area (Å²) in [7, 11) is 0. The number of aryl methyl sites for hydroxylation is 1. The molecule has 1 aromatic heterocycles. The first kappa shape index (κ1) is 16.5. The van der Waals surface area contributed by atoms with Crippen LogP contribution in [0.25, 0.3) is 0 Å². The van der Waals surface area contributed by atoms with Crippen LogP contribution in [-0.4, -0.2) is 35.8 Å². The predicted octanol–water partition coefficient (Wildman–Crippen LogP) is 2.36. The number of fused-ring (bicyclic) bond motifs is 1. The number of pyridine rings is 1. The molecule has 1 heterocycles. The van der Waals surface area contributed by atoms with Crippen LogP contribution in [-0.2, 0) is 17.6 Å². The van der Waals surface area contributed by atoms with E-state index in [-0.39, 0.29) is 25.7 Å². The first-order valence-corrected chi connectivity index (χ1v) is 8.35. The molecule has 1 N–H and O–H groups in total. The van der Waals surface area contributed by atoms with Gasteiger partial charge in [-0.05, 0) is 43.9 Å². The van der Waals surface area contributed by atoms with Gasteiger partial charge in [0.1, 0.15) is 5.75 Å². The van der Waals surface area contributed by atoms with Crippen molar-refractivity contribution in [1.82, 2.24) is 4.98 Å². The third-order valence-electron chi connectivity index (χ3n) is 4.24. The highest BCUT2D eigenvalue weighted by molar-refractivity contribution is 5.94. The fourth-order valence-electron chi connectivity index (χ4n) is 3.05. The van der Waals surface area contributed by atoms with E-state index in [1.54, 1.807) is 11.1 Å². The highest BCUT2D eigenvalue weighted by Crippen LogP contribution is 2.28. The van der Waals surface area contributed by atoms with E-state index in [2.05, 4.69) is 4.98 Å². The summed E-state index contributed by atoms with van der Waals surface area (Å²) in [5.41, 5.74) is 2.98. The van der Waals surface area contributed by atoms with Crippen LogP contribution in [0.2, 0.25) is 0 Å². The van der Waals surface area contributed by atoms with Gasteiger partial charge in [-0.3, -0.25) is 9.78 Å². The van der Waals surface area contributed by atoms with Gasteiger partial charge in [0.15, 0.2) is 6.61 Å². The number of carbonyl (C=O) groups is 1. The van der Waals surface area contributed by atoms with Crippen LogP contribution in [0.15, 0.2) is 42.6 Å². The summed E-state index contributed by atoms with van der Waals surface area (Å²) in [5.74, 6) is 0.585. The maximum absolute atomic E-state index is 12.5. The lowest BCUT2D eigenvalue weighted by atomic mass is 9.95. The number of rotatable bonds is 6. The summed E-state index contributed by atoms with van der Waals surface area (Å²) in [5, 5.41) is 9.25. The third kappa shape index (κ3) is 3.74. The fraction of sp³-hybridized carbons (Fsp3) is 0.368. The van der Waals surface area contributed by atoms with Gasteiger partial charge in [-0.25, -0.2) is 0 Å². The molecule has 5 heteroatoms. The molecule has 0 saturated heterocycles. The van der Waals surface area contributed by atoms with E-state index in [9.17, 15) is 9.90 Å². The van der Waals surface area contributed by atoms with Gasteiger partial charge in [0, 0.05) is 29.7 Å². The van der Waals surface area contributed by atoms with Crippen molar-refractivity contribution in [2.75, 3.05) is 24.7 Å². The molecule has 1 aliphatic rings. The number of hydrogen-bond acceptors (Lipinski definition) is 4. The zero-order chi connectivity index (χ0) is 16.8. The number of carbonyl (C=O) groups excluding carboxylic acids is 1. The van der Waals surface area contributed by atoms with Crippen molar-refractivity contribution >= 4 is 11.6 Å². The largest absolute Gasteiger partial charge is 0.483 e. The number of hydrogen-bond donors (Lipinski definition) is 1. The van der Waals surface area contributed by atoms with Crippen molar-refractivity contribution in [1.29, 1.82) is 0 Å². The Morgan fingerprint density at radius 2 is 1.96 bits per heavy atom. The lowest BCUT2D eigenvalue weighted by Crippen LogP contribution is -2.37. The molecule has 24 heavy (non-hydrogen) atoms. The molecular weight excluding hydrogens is 304 g/mol. The van der Waals surface area contributed by atoms with Gasteiger partial charge in [-0.15, -0.1) is 0 Å². The van der Waals surface area contributed by atoms with Crippen molar-refractivity contribution in [3.8, 4) is 5.75 Å². The third-order valence-corrected chi connectivity index (χ3v) is 4.24. The fourth-order valence-corrected chi connectivity index (χ4v) is 3.05. The molecule has 1 aliphatic carbocycles. The molecule has 0 radical (unpaired) electrons. The van der Waals surface area contributed by atoms with E-state index in [4.69, 9.17) is 4.74 Å². The quantitative estimate of drug-likeness (QED) is 0.885. The Morgan fingerprint density at radius 3 is 2.75 bits per heavy atom. The zero-order valence-corrected chi connectivity index (χ0v) is 13.6. The molecule has 1 amide bonds. The molecular formula is C19H22N2O3. The molecule has 0 fully saturated rings. The Labute approximate surface area is 141 Å². The second-order valence-electron chi connectivity index (χ2n) is 5.83. The number of anilines is 1. The van der Waals surface area contributed by atoms with Crippen LogP contribution in [0, 0.1) is 0 Å². The predicted molar refractivity (Wildman–Crippen MR) is 92.3 cm³/mol. The van der Waals surface area contributed by atoms with Gasteiger partial charge >= 0.3 is 0 Å². The van der Waals surface area contributed by atoms with Gasteiger partial charge < -0.3 is 14.7 Å². The summed E-state index contributed by atoms with van der Waals surface area (Å²) < 4.78 is 5.80. The topological polar surface area (TPSA) is 62.7 Å². The second-order valence-corrected chi connectivity index (χ2v) is 5.83. The van der Waals surface area contributed by atoms with Gasteiger partial charge in [-0.1, -0.05) is 18.2 Å². The summed E-state index contributed by atoms with van der Waals surface area (Å²) in [6, 6.07) is 11.2. The lowest BCUT2D eigenvalue weighted by molar-refractivity contribution is -0.120. The highest BCUT2D eigenvalue weighted by Gasteiger charge is 2.19. The Hall–Kier alpha value is -2.40. The van der Waals surface area contributed by atoms with Crippen LogP contribution >= 0.6 is 0 Å². The Balaban J connectivity index is 1.70. The number of para-hydroxylation sites is 1. The standard InChI is InChI=1S/C19H22N2O3/c22-13-12-21(15-6-2-1-3-7-15)19(23)14-24-18-10-11-20-17-9-5-4-8-16(17)18/h1-3,6-7,10-11,22H,4-5,8-9,12-14H2. The highest BCUT2D eigenvalue weighted by atomic mass is 16.5. The number of benzene rings is 1. The normalized spacial score (nSPS) is 13.2. The molecule has 0 spiro atoms. The van der Waals surface area contributed by atoms with Crippen molar-refractivity contribution < 1.29 is 14.6 Å². The molecule has 5 nitrogen and oxygen atoms in total. The van der Waals surface area contributed by atoms with E-state index in [1.807, 2.05) is 36.4 Å². The van der Waals surface area contributed by atoms with E-state index in [0.29, 0.717) is 0 Å². The molecule has 1 aromatic carbocycles. The number of aliphatic hydroxyl groups is 1. The number of amides is 1. The summed E-state index contributed by atoms with van der Waals surface area (Å²) >= 11 is 0. The first-order valence-electron chi connectivity index (χ1n) is 8.35. The number of aliphatic hydroxyl groups excluding tert-OH is 1. The molecule has 126 valence electrons. The molecule has 0 aliphatic heterocycles. The van der Waals surface area contributed by atoms with E-state index in [0.717, 1.165) is 48.4 Å². The summed E-state index contributed by atoms with van der Waals surface area (Å²) in [6.07, 6.45) is 5.95. The van der Waals surface area contributed by atoms with E-state index < -0.39 is 0 Å². The van der Waals surface area contributed by atoms with Crippen LogP contribution < -0.4 is 9.64 Å². The Morgan fingerprint density at radius 1 is 1.17 bits per heavy atom. The van der Waals surface area contributed by atoms with Crippen LogP contribution in [0.5, 0.6) is 5.75 Å². The van der Waals surface area contributed by atoms with Crippen molar-refractivity contribution in [2.45, 2.75) is 25.7 Å². The molecule has 0 saturated carbocycles. The van der Waals surface area contributed by atoms with Crippen LogP contribution in [0.1, 0.15) is 24.1 Å². The molecule has 0 atom stereocenters. The van der Waals surface area contributed by atoms with Gasteiger partial charge in [0.05, 0.1) is 6.61 Å². The molecule has 3 rings (SSSR count). The minimum Gasteiger partial charge on any atom is -0.483 e. The monoisotopic (exact) mass is 326 g/mol. The minimum atomic E-state index is -0.170. The molecule has 0 unspecified atom stereocenters. The zero-order valence-electron chi connectivity index (χ0n) is 13.6. The van der Waals surface area contributed by atoms with E-state index in [1.165, 1.54) is 0 Å². The first-order chi connectivity index (χ1) is 11.8. The minimum absolute atomic E-state index is 0.0503. The molecule has 0 bridgehead atoms. The van der Waals surface area contributed by atoms with Crippen LogP contribution in [0.3, 0.4) is 0 Å². The second kappa shape index (κ2) is 7.93. The number of ether oxygens (including phenoxy) is 1. The Kier molecular flexibility index (Phi) is 5.43. The Bertz CT molecular complexity index is 688. The van der Waals surface area contributed by atoms with Crippen molar-refractivity contribution in [2.24, 2.45) is 0 Å². The van der Waals surface area contributed by atoms with Gasteiger partial charge in [-0.2, -0.15) is 0 Å². The average molecular weight is 326 g/mol. The van der Waals surface area contributed by atoms with Crippen LogP contribution in [0.4, 0.5) is 5.69 Å². The van der Waals surface area contributed by atoms with Gasteiger partial charge in [0.25, 0.3) is 5.91 Å². The maximum Gasteiger partial charge on any atom is 0.264 e. The van der Waals surface area contributed by atoms with Crippen molar-refractivity contribution in [3.05, 3.63) is 53.9 Å². The maximum atomic E-state index is 12.5.